The van der Waals surface area contributed by atoms with Crippen LogP contribution in [0.25, 0.3) is 0 Å². The van der Waals surface area contributed by atoms with E-state index in [1.54, 1.807) is 16.9 Å². The van der Waals surface area contributed by atoms with E-state index < -0.39 is 5.97 Å². The smallest absolute Gasteiger partial charge is 0.335 e. The highest BCUT2D eigenvalue weighted by molar-refractivity contribution is 5.87. The van der Waals surface area contributed by atoms with Crippen LogP contribution in [0.2, 0.25) is 0 Å². The number of aromatic carboxylic acids is 1. The Morgan fingerprint density at radius 1 is 1.14 bits per heavy atom. The van der Waals surface area contributed by atoms with Gasteiger partial charge in [0.05, 0.1) is 17.3 Å². The van der Waals surface area contributed by atoms with Crippen molar-refractivity contribution in [1.29, 1.82) is 0 Å². The molecule has 110 valence electrons. The van der Waals surface area contributed by atoms with Gasteiger partial charge in [-0.25, -0.2) is 4.79 Å². The van der Waals surface area contributed by atoms with Gasteiger partial charge in [0, 0.05) is 25.0 Å². The number of rotatable bonds is 5. The summed E-state index contributed by atoms with van der Waals surface area (Å²) in [5, 5.41) is 13.5. The summed E-state index contributed by atoms with van der Waals surface area (Å²) in [7, 11) is 0. The largest absolute Gasteiger partial charge is 0.478 e. The van der Waals surface area contributed by atoms with Gasteiger partial charge >= 0.3 is 5.97 Å². The van der Waals surface area contributed by atoms with Gasteiger partial charge in [0.15, 0.2) is 0 Å². The van der Waals surface area contributed by atoms with E-state index in [2.05, 4.69) is 10.1 Å². The summed E-state index contributed by atoms with van der Waals surface area (Å²) in [5.74, 6) is -0.956. The van der Waals surface area contributed by atoms with Crippen molar-refractivity contribution in [2.75, 3.05) is 0 Å². The van der Waals surface area contributed by atoms with E-state index in [-0.39, 0.29) is 11.6 Å². The quantitative estimate of drug-likeness (QED) is 0.785. The molecule has 3 aromatic rings. The molecule has 2 aromatic heterocycles. The Hall–Kier alpha value is -2.95. The highest BCUT2D eigenvalue weighted by Crippen LogP contribution is 2.21. The highest BCUT2D eigenvalue weighted by atomic mass is 16.4. The van der Waals surface area contributed by atoms with E-state index in [0.717, 1.165) is 5.56 Å². The minimum atomic E-state index is -0.956. The zero-order valence-electron chi connectivity index (χ0n) is 11.8. The summed E-state index contributed by atoms with van der Waals surface area (Å²) in [5.41, 5.74) is 2.06. The van der Waals surface area contributed by atoms with E-state index in [0.29, 0.717) is 12.1 Å². The van der Waals surface area contributed by atoms with E-state index in [1.807, 2.05) is 42.6 Å². The molecular formula is C17H15N3O2. The number of aromatic nitrogens is 3. The van der Waals surface area contributed by atoms with Crippen molar-refractivity contribution < 1.29 is 9.90 Å². The van der Waals surface area contributed by atoms with Gasteiger partial charge in [-0.05, 0) is 23.8 Å². The molecule has 0 aliphatic heterocycles. The Bertz CT molecular complexity index is 755. The summed E-state index contributed by atoms with van der Waals surface area (Å²) < 4.78 is 1.81. The lowest BCUT2D eigenvalue weighted by atomic mass is 10.0. The van der Waals surface area contributed by atoms with Crippen LogP contribution in [0, 0.1) is 0 Å². The van der Waals surface area contributed by atoms with Crippen LogP contribution >= 0.6 is 0 Å². The molecule has 0 aliphatic carbocycles. The van der Waals surface area contributed by atoms with Crippen molar-refractivity contribution in [2.45, 2.75) is 12.5 Å². The molecule has 0 saturated heterocycles. The van der Waals surface area contributed by atoms with E-state index in [4.69, 9.17) is 5.11 Å². The van der Waals surface area contributed by atoms with Gasteiger partial charge in [-0.1, -0.05) is 30.3 Å². The minimum absolute atomic E-state index is 0.142. The lowest BCUT2D eigenvalue weighted by Gasteiger charge is -2.17. The summed E-state index contributed by atoms with van der Waals surface area (Å²) in [6, 6.07) is 14.8. The average molecular weight is 293 g/mol. The molecule has 0 bridgehead atoms. The predicted molar refractivity (Wildman–Crippen MR) is 81.7 cm³/mol. The Morgan fingerprint density at radius 3 is 2.64 bits per heavy atom. The first kappa shape index (κ1) is 14.0. The fourth-order valence-corrected chi connectivity index (χ4v) is 2.40. The highest BCUT2D eigenvalue weighted by Gasteiger charge is 2.18. The molecule has 5 nitrogen and oxygen atoms in total. The first-order chi connectivity index (χ1) is 10.7. The maximum absolute atomic E-state index is 11.2. The molecule has 2 heterocycles. The van der Waals surface area contributed by atoms with Crippen LogP contribution in [-0.2, 0) is 6.42 Å². The SMILES string of the molecule is O=C(O)c1ccnc(C(Cc2ccccc2)n2cccn2)c1. The summed E-state index contributed by atoms with van der Waals surface area (Å²) in [6.07, 6.45) is 5.79. The second kappa shape index (κ2) is 6.22. The molecular weight excluding hydrogens is 278 g/mol. The fraction of sp³-hybridized carbons (Fsp3) is 0.118. The summed E-state index contributed by atoms with van der Waals surface area (Å²) in [6.45, 7) is 0. The molecule has 0 saturated carbocycles. The monoisotopic (exact) mass is 293 g/mol. The molecule has 1 atom stereocenters. The van der Waals surface area contributed by atoms with Crippen molar-refractivity contribution in [3.05, 3.63) is 83.9 Å². The third kappa shape index (κ3) is 3.03. The molecule has 0 aliphatic rings. The van der Waals surface area contributed by atoms with Crippen LogP contribution in [0.15, 0.2) is 67.1 Å². The van der Waals surface area contributed by atoms with Gasteiger partial charge in [0.25, 0.3) is 0 Å². The zero-order chi connectivity index (χ0) is 15.4. The topological polar surface area (TPSA) is 68.0 Å². The lowest BCUT2D eigenvalue weighted by molar-refractivity contribution is 0.0696. The number of hydrogen-bond acceptors (Lipinski definition) is 3. The molecule has 0 fully saturated rings. The Kier molecular flexibility index (Phi) is 3.96. The average Bonchev–Trinajstić information content (AvgIpc) is 3.08. The number of carboxylic acid groups (broad SMARTS) is 1. The Labute approximate surface area is 127 Å². The molecule has 3 rings (SSSR count). The summed E-state index contributed by atoms with van der Waals surface area (Å²) >= 11 is 0. The van der Waals surface area contributed by atoms with Gasteiger partial charge in [0.1, 0.15) is 0 Å². The fourth-order valence-electron chi connectivity index (χ4n) is 2.40. The van der Waals surface area contributed by atoms with Crippen molar-refractivity contribution >= 4 is 5.97 Å². The van der Waals surface area contributed by atoms with Crippen LogP contribution in [-0.4, -0.2) is 25.8 Å². The first-order valence-corrected chi connectivity index (χ1v) is 6.96. The van der Waals surface area contributed by atoms with Crippen molar-refractivity contribution in [1.82, 2.24) is 14.8 Å². The number of nitrogens with zero attached hydrogens (tertiary/aromatic N) is 3. The first-order valence-electron chi connectivity index (χ1n) is 6.96. The number of carboxylic acids is 1. The maximum Gasteiger partial charge on any atom is 0.335 e. The summed E-state index contributed by atoms with van der Waals surface area (Å²) in [4.78, 5) is 15.5. The van der Waals surface area contributed by atoms with Crippen LogP contribution in [0.1, 0.15) is 27.7 Å². The number of pyridine rings is 1. The number of benzene rings is 1. The second-order valence-corrected chi connectivity index (χ2v) is 4.97. The van der Waals surface area contributed by atoms with Crippen LogP contribution < -0.4 is 0 Å². The van der Waals surface area contributed by atoms with E-state index in [9.17, 15) is 4.79 Å². The van der Waals surface area contributed by atoms with Crippen LogP contribution in [0.5, 0.6) is 0 Å². The minimum Gasteiger partial charge on any atom is -0.478 e. The van der Waals surface area contributed by atoms with E-state index in [1.165, 1.54) is 12.3 Å². The van der Waals surface area contributed by atoms with Crippen molar-refractivity contribution in [3.8, 4) is 0 Å². The van der Waals surface area contributed by atoms with Gasteiger partial charge in [-0.15, -0.1) is 0 Å². The third-order valence-electron chi connectivity index (χ3n) is 3.49. The van der Waals surface area contributed by atoms with Crippen LogP contribution in [0.4, 0.5) is 0 Å². The molecule has 5 heteroatoms. The normalized spacial score (nSPS) is 12.0. The molecule has 22 heavy (non-hydrogen) atoms. The molecule has 0 spiro atoms. The van der Waals surface area contributed by atoms with Gasteiger partial charge in [-0.2, -0.15) is 5.10 Å². The van der Waals surface area contributed by atoms with Crippen molar-refractivity contribution in [3.63, 3.8) is 0 Å². The molecule has 1 unspecified atom stereocenters. The number of hydrogen-bond donors (Lipinski definition) is 1. The molecule has 1 N–H and O–H groups in total. The van der Waals surface area contributed by atoms with E-state index >= 15 is 0 Å². The molecule has 0 radical (unpaired) electrons. The second-order valence-electron chi connectivity index (χ2n) is 4.97. The lowest BCUT2D eigenvalue weighted by Crippen LogP contribution is -2.16. The Balaban J connectivity index is 1.99. The standard InChI is InChI=1S/C17H15N3O2/c21-17(22)14-7-9-18-15(12-14)16(20-10-4-8-19-20)11-13-5-2-1-3-6-13/h1-10,12,16H,11H2,(H,21,22). The maximum atomic E-state index is 11.2. The predicted octanol–water partition coefficient (Wildman–Crippen LogP) is 2.81. The van der Waals surface area contributed by atoms with Crippen LogP contribution in [0.3, 0.4) is 0 Å². The van der Waals surface area contributed by atoms with Crippen molar-refractivity contribution in [2.24, 2.45) is 0 Å². The van der Waals surface area contributed by atoms with Gasteiger partial charge in [-0.3, -0.25) is 9.67 Å². The van der Waals surface area contributed by atoms with Gasteiger partial charge < -0.3 is 5.11 Å². The third-order valence-corrected chi connectivity index (χ3v) is 3.49. The Morgan fingerprint density at radius 2 is 1.95 bits per heavy atom. The molecule has 0 amide bonds. The molecule has 1 aromatic carbocycles. The zero-order valence-corrected chi connectivity index (χ0v) is 11.8. The van der Waals surface area contributed by atoms with Gasteiger partial charge in [0.2, 0.25) is 0 Å². The number of carbonyl (C=O) groups is 1.